The molecule has 0 spiro atoms. The van der Waals surface area contributed by atoms with E-state index >= 15 is 0 Å². The van der Waals surface area contributed by atoms with Gasteiger partial charge >= 0.3 is 6.03 Å². The first-order valence-corrected chi connectivity index (χ1v) is 8.48. The van der Waals surface area contributed by atoms with Crippen molar-refractivity contribution in [2.45, 2.75) is 6.92 Å². The monoisotopic (exact) mass is 352 g/mol. The molecule has 1 aliphatic heterocycles. The third-order valence-electron chi connectivity index (χ3n) is 3.84. The zero-order valence-corrected chi connectivity index (χ0v) is 14.5. The van der Waals surface area contributed by atoms with Crippen LogP contribution in [-0.2, 0) is 4.79 Å². The summed E-state index contributed by atoms with van der Waals surface area (Å²) in [6.45, 7) is 5.99. The Hall–Kier alpha value is -2.35. The molecule has 2 N–H and O–H groups in total. The first-order chi connectivity index (χ1) is 12.1. The highest BCUT2D eigenvalue weighted by atomic mass is 19.1. The second kappa shape index (κ2) is 9.83. The van der Waals surface area contributed by atoms with E-state index in [1.807, 2.05) is 11.8 Å². The third-order valence-corrected chi connectivity index (χ3v) is 3.84. The van der Waals surface area contributed by atoms with Gasteiger partial charge in [-0.1, -0.05) is 6.07 Å². The van der Waals surface area contributed by atoms with Crippen LogP contribution in [0.5, 0.6) is 5.75 Å². The summed E-state index contributed by atoms with van der Waals surface area (Å²) in [7, 11) is 0. The lowest BCUT2D eigenvalue weighted by Crippen LogP contribution is -2.53. The predicted molar refractivity (Wildman–Crippen MR) is 92.0 cm³/mol. The molecule has 8 heteroatoms. The number of likely N-dealkylation sites (N-methyl/N-ethyl adjacent to an activating group) is 1. The van der Waals surface area contributed by atoms with E-state index in [0.29, 0.717) is 51.6 Å². The lowest BCUT2D eigenvalue weighted by molar-refractivity contribution is -0.122. The van der Waals surface area contributed by atoms with E-state index in [9.17, 15) is 14.0 Å². The molecule has 0 atom stereocenters. The number of carbonyl (C=O) groups excluding carboxylic acids is 2. The Labute approximate surface area is 147 Å². The van der Waals surface area contributed by atoms with E-state index in [-0.39, 0.29) is 24.4 Å². The zero-order valence-electron chi connectivity index (χ0n) is 14.5. The maximum Gasteiger partial charge on any atom is 0.317 e. The lowest BCUT2D eigenvalue weighted by Gasteiger charge is -2.34. The van der Waals surface area contributed by atoms with Crippen molar-refractivity contribution in [1.82, 2.24) is 20.4 Å². The van der Waals surface area contributed by atoms with Crippen molar-refractivity contribution in [2.75, 3.05) is 52.4 Å². The Kier molecular flexibility index (Phi) is 7.46. The van der Waals surface area contributed by atoms with Gasteiger partial charge in [0.15, 0.2) is 0 Å². The molecule has 0 radical (unpaired) electrons. The number of benzene rings is 1. The summed E-state index contributed by atoms with van der Waals surface area (Å²) >= 11 is 0. The second-order valence-electron chi connectivity index (χ2n) is 5.75. The van der Waals surface area contributed by atoms with Crippen LogP contribution in [0.1, 0.15) is 6.92 Å². The predicted octanol–water partition coefficient (Wildman–Crippen LogP) is 0.668. The molecule has 0 saturated carbocycles. The van der Waals surface area contributed by atoms with E-state index in [2.05, 4.69) is 10.6 Å². The molecular weight excluding hydrogens is 327 g/mol. The number of rotatable bonds is 7. The van der Waals surface area contributed by atoms with E-state index in [4.69, 9.17) is 4.74 Å². The van der Waals surface area contributed by atoms with Crippen molar-refractivity contribution < 1.29 is 18.7 Å². The Morgan fingerprint density at radius 3 is 2.64 bits per heavy atom. The molecule has 2 rings (SSSR count). The van der Waals surface area contributed by atoms with Crippen LogP contribution in [0.25, 0.3) is 0 Å². The summed E-state index contributed by atoms with van der Waals surface area (Å²) in [6.07, 6.45) is 0. The SMILES string of the molecule is CCNC(=O)CN1CCN(C(=O)NCCOc2cccc(F)c2)CC1. The van der Waals surface area contributed by atoms with Crippen LogP contribution in [0.15, 0.2) is 24.3 Å². The zero-order chi connectivity index (χ0) is 18.1. The number of amides is 3. The van der Waals surface area contributed by atoms with Crippen LogP contribution in [0.3, 0.4) is 0 Å². The number of hydrogen-bond donors (Lipinski definition) is 2. The van der Waals surface area contributed by atoms with Gasteiger partial charge in [0.25, 0.3) is 0 Å². The fourth-order valence-electron chi connectivity index (χ4n) is 2.56. The molecule has 0 aliphatic carbocycles. The van der Waals surface area contributed by atoms with E-state index < -0.39 is 0 Å². The molecular formula is C17H25FN4O3. The molecule has 1 saturated heterocycles. The first-order valence-electron chi connectivity index (χ1n) is 8.48. The van der Waals surface area contributed by atoms with Crippen LogP contribution >= 0.6 is 0 Å². The summed E-state index contributed by atoms with van der Waals surface area (Å²) < 4.78 is 18.4. The van der Waals surface area contributed by atoms with Crippen LogP contribution in [0, 0.1) is 5.82 Å². The van der Waals surface area contributed by atoms with Crippen LogP contribution < -0.4 is 15.4 Å². The van der Waals surface area contributed by atoms with Crippen molar-refractivity contribution >= 4 is 11.9 Å². The topological polar surface area (TPSA) is 73.9 Å². The molecule has 0 unspecified atom stereocenters. The van der Waals surface area contributed by atoms with E-state index in [1.54, 1.807) is 17.0 Å². The van der Waals surface area contributed by atoms with Gasteiger partial charge in [-0.15, -0.1) is 0 Å². The number of piperazine rings is 1. The molecule has 138 valence electrons. The van der Waals surface area contributed by atoms with Gasteiger partial charge in [-0.25, -0.2) is 9.18 Å². The van der Waals surface area contributed by atoms with Crippen molar-refractivity contribution in [3.8, 4) is 5.75 Å². The van der Waals surface area contributed by atoms with Crippen LogP contribution in [0.4, 0.5) is 9.18 Å². The largest absolute Gasteiger partial charge is 0.492 e. The molecule has 7 nitrogen and oxygen atoms in total. The fourth-order valence-corrected chi connectivity index (χ4v) is 2.56. The van der Waals surface area contributed by atoms with Crippen molar-refractivity contribution in [2.24, 2.45) is 0 Å². The smallest absolute Gasteiger partial charge is 0.317 e. The summed E-state index contributed by atoms with van der Waals surface area (Å²) in [5, 5.41) is 5.55. The van der Waals surface area contributed by atoms with Crippen LogP contribution in [-0.4, -0.2) is 74.2 Å². The van der Waals surface area contributed by atoms with Gasteiger partial charge in [0, 0.05) is 38.8 Å². The Morgan fingerprint density at radius 1 is 1.20 bits per heavy atom. The molecule has 1 aliphatic rings. The molecule has 1 aromatic rings. The normalized spacial score (nSPS) is 14.9. The summed E-state index contributed by atoms with van der Waals surface area (Å²) in [5.74, 6) is 0.0927. The van der Waals surface area contributed by atoms with Crippen molar-refractivity contribution in [1.29, 1.82) is 0 Å². The van der Waals surface area contributed by atoms with Gasteiger partial charge < -0.3 is 20.3 Å². The average molecular weight is 352 g/mol. The maximum absolute atomic E-state index is 13.0. The number of halogens is 1. The number of nitrogens with one attached hydrogen (secondary N) is 2. The lowest BCUT2D eigenvalue weighted by atomic mass is 10.3. The molecule has 0 bridgehead atoms. The van der Waals surface area contributed by atoms with Gasteiger partial charge in [0.2, 0.25) is 5.91 Å². The first kappa shape index (κ1) is 19.0. The van der Waals surface area contributed by atoms with Gasteiger partial charge in [0.1, 0.15) is 18.2 Å². The quantitative estimate of drug-likeness (QED) is 0.708. The highest BCUT2D eigenvalue weighted by Gasteiger charge is 2.21. The van der Waals surface area contributed by atoms with Gasteiger partial charge in [-0.3, -0.25) is 9.69 Å². The average Bonchev–Trinajstić information content (AvgIpc) is 2.59. The molecule has 3 amide bonds. The van der Waals surface area contributed by atoms with Gasteiger partial charge in [-0.2, -0.15) is 0 Å². The van der Waals surface area contributed by atoms with Gasteiger partial charge in [0.05, 0.1) is 13.1 Å². The minimum absolute atomic E-state index is 0.00917. The molecule has 0 aromatic heterocycles. The number of hydrogen-bond acceptors (Lipinski definition) is 4. The van der Waals surface area contributed by atoms with Crippen molar-refractivity contribution in [3.05, 3.63) is 30.1 Å². The molecule has 25 heavy (non-hydrogen) atoms. The number of nitrogens with zero attached hydrogens (tertiary/aromatic N) is 2. The Balaban J connectivity index is 1.61. The number of ether oxygens (including phenoxy) is 1. The Bertz CT molecular complexity index is 577. The highest BCUT2D eigenvalue weighted by Crippen LogP contribution is 2.11. The van der Waals surface area contributed by atoms with Gasteiger partial charge in [-0.05, 0) is 19.1 Å². The summed E-state index contributed by atoms with van der Waals surface area (Å²) in [5.41, 5.74) is 0. The molecule has 1 fully saturated rings. The highest BCUT2D eigenvalue weighted by molar-refractivity contribution is 5.78. The fraction of sp³-hybridized carbons (Fsp3) is 0.529. The summed E-state index contributed by atoms with van der Waals surface area (Å²) in [6, 6.07) is 5.73. The van der Waals surface area contributed by atoms with Crippen LogP contribution in [0.2, 0.25) is 0 Å². The molecule has 1 aromatic carbocycles. The van der Waals surface area contributed by atoms with Crippen molar-refractivity contribution in [3.63, 3.8) is 0 Å². The second-order valence-corrected chi connectivity index (χ2v) is 5.75. The minimum atomic E-state index is -0.355. The Morgan fingerprint density at radius 2 is 1.96 bits per heavy atom. The van der Waals surface area contributed by atoms with E-state index in [0.717, 1.165) is 0 Å². The third kappa shape index (κ3) is 6.58. The summed E-state index contributed by atoms with van der Waals surface area (Å²) in [4.78, 5) is 27.4. The maximum atomic E-state index is 13.0. The molecule has 1 heterocycles. The van der Waals surface area contributed by atoms with E-state index in [1.165, 1.54) is 12.1 Å². The minimum Gasteiger partial charge on any atom is -0.492 e. The standard InChI is InChI=1S/C17H25FN4O3/c1-2-19-16(23)13-21-7-9-22(10-8-21)17(24)20-6-11-25-15-5-3-4-14(18)12-15/h3-5,12H,2,6-11,13H2,1H3,(H,19,23)(H,20,24). The number of carbonyl (C=O) groups is 2. The number of urea groups is 1.